The fourth-order valence-corrected chi connectivity index (χ4v) is 1.23. The Morgan fingerprint density at radius 1 is 1.64 bits per heavy atom. The van der Waals surface area contributed by atoms with Crippen molar-refractivity contribution in [3.05, 3.63) is 11.9 Å². The van der Waals surface area contributed by atoms with Crippen LogP contribution in [0.3, 0.4) is 0 Å². The summed E-state index contributed by atoms with van der Waals surface area (Å²) in [7, 11) is 0. The molecule has 0 atom stereocenters. The number of rotatable bonds is 4. The molecular formula is C9H16N4O. The second-order valence-electron chi connectivity index (χ2n) is 3.19. The van der Waals surface area contributed by atoms with Gasteiger partial charge in [0.05, 0.1) is 11.9 Å². The van der Waals surface area contributed by atoms with Crippen LogP contribution in [0.2, 0.25) is 0 Å². The maximum atomic E-state index is 11.6. The van der Waals surface area contributed by atoms with Crippen LogP contribution in [0.25, 0.3) is 0 Å². The third-order valence-electron chi connectivity index (χ3n) is 2.22. The summed E-state index contributed by atoms with van der Waals surface area (Å²) in [5.41, 5.74) is 6.27. The lowest BCUT2D eigenvalue weighted by Crippen LogP contribution is -2.34. The minimum atomic E-state index is -0.186. The standard InChI is InChI=1S/C9H16N4O/c1-3-6(4-2)12-9(14)8-7(10)5-11-13-8/h5-6H,3-4,10H2,1-2H3,(H,11,13)(H,12,14). The minimum Gasteiger partial charge on any atom is -0.396 e. The first-order valence-electron chi connectivity index (χ1n) is 4.78. The Kier molecular flexibility index (Phi) is 3.50. The van der Waals surface area contributed by atoms with E-state index in [0.717, 1.165) is 12.8 Å². The summed E-state index contributed by atoms with van der Waals surface area (Å²) in [5.74, 6) is -0.186. The van der Waals surface area contributed by atoms with Crippen molar-refractivity contribution in [3.8, 4) is 0 Å². The molecule has 0 spiro atoms. The predicted molar refractivity (Wildman–Crippen MR) is 54.8 cm³/mol. The second kappa shape index (κ2) is 4.64. The molecule has 1 rings (SSSR count). The van der Waals surface area contributed by atoms with Crippen LogP contribution in [-0.4, -0.2) is 22.1 Å². The normalized spacial score (nSPS) is 10.5. The average Bonchev–Trinajstić information content (AvgIpc) is 2.60. The number of carbonyl (C=O) groups is 1. The Balaban J connectivity index is 2.63. The highest BCUT2D eigenvalue weighted by atomic mass is 16.2. The number of anilines is 1. The van der Waals surface area contributed by atoms with Crippen LogP contribution in [0.1, 0.15) is 37.2 Å². The monoisotopic (exact) mass is 196 g/mol. The zero-order valence-electron chi connectivity index (χ0n) is 8.50. The van der Waals surface area contributed by atoms with E-state index in [4.69, 9.17) is 5.73 Å². The van der Waals surface area contributed by atoms with Gasteiger partial charge in [-0.3, -0.25) is 9.89 Å². The first-order valence-corrected chi connectivity index (χ1v) is 4.78. The van der Waals surface area contributed by atoms with Crippen molar-refractivity contribution in [2.45, 2.75) is 32.7 Å². The highest BCUT2D eigenvalue weighted by Crippen LogP contribution is 2.06. The van der Waals surface area contributed by atoms with E-state index in [1.165, 1.54) is 6.20 Å². The Morgan fingerprint density at radius 2 is 2.29 bits per heavy atom. The SMILES string of the molecule is CCC(CC)NC(=O)c1[nH]ncc1N. The summed E-state index contributed by atoms with van der Waals surface area (Å²) in [6.45, 7) is 4.07. The molecule has 5 heteroatoms. The van der Waals surface area contributed by atoms with Gasteiger partial charge in [0.2, 0.25) is 0 Å². The van der Waals surface area contributed by atoms with Crippen molar-refractivity contribution >= 4 is 11.6 Å². The smallest absolute Gasteiger partial charge is 0.271 e. The Morgan fingerprint density at radius 3 is 2.71 bits per heavy atom. The lowest BCUT2D eigenvalue weighted by molar-refractivity contribution is 0.0930. The van der Waals surface area contributed by atoms with Crippen LogP contribution >= 0.6 is 0 Å². The molecule has 4 N–H and O–H groups in total. The number of amides is 1. The van der Waals surface area contributed by atoms with Crippen LogP contribution in [-0.2, 0) is 0 Å². The van der Waals surface area contributed by atoms with Gasteiger partial charge in [0, 0.05) is 6.04 Å². The second-order valence-corrected chi connectivity index (χ2v) is 3.19. The first-order chi connectivity index (χ1) is 6.69. The van der Waals surface area contributed by atoms with Crippen molar-refractivity contribution in [2.75, 3.05) is 5.73 Å². The molecule has 1 aromatic rings. The van der Waals surface area contributed by atoms with E-state index in [0.29, 0.717) is 11.4 Å². The molecule has 1 amide bonds. The van der Waals surface area contributed by atoms with Gasteiger partial charge in [-0.15, -0.1) is 0 Å². The van der Waals surface area contributed by atoms with Gasteiger partial charge < -0.3 is 11.1 Å². The zero-order chi connectivity index (χ0) is 10.6. The summed E-state index contributed by atoms with van der Waals surface area (Å²) >= 11 is 0. The molecule has 0 aliphatic carbocycles. The van der Waals surface area contributed by atoms with Crippen LogP contribution in [0.4, 0.5) is 5.69 Å². The fourth-order valence-electron chi connectivity index (χ4n) is 1.23. The maximum absolute atomic E-state index is 11.6. The lowest BCUT2D eigenvalue weighted by Gasteiger charge is -2.13. The molecule has 0 saturated heterocycles. The van der Waals surface area contributed by atoms with E-state index in [2.05, 4.69) is 15.5 Å². The van der Waals surface area contributed by atoms with Crippen molar-refractivity contribution < 1.29 is 4.79 Å². The van der Waals surface area contributed by atoms with Gasteiger partial charge in [0.1, 0.15) is 5.69 Å². The van der Waals surface area contributed by atoms with Crippen LogP contribution in [0, 0.1) is 0 Å². The third-order valence-corrected chi connectivity index (χ3v) is 2.22. The zero-order valence-corrected chi connectivity index (χ0v) is 8.50. The summed E-state index contributed by atoms with van der Waals surface area (Å²) in [5, 5.41) is 9.13. The largest absolute Gasteiger partial charge is 0.396 e. The Bertz CT molecular complexity index is 304. The van der Waals surface area contributed by atoms with Crippen molar-refractivity contribution in [1.82, 2.24) is 15.5 Å². The number of aromatic nitrogens is 2. The summed E-state index contributed by atoms with van der Waals surface area (Å²) in [6, 6.07) is 0.199. The van der Waals surface area contributed by atoms with Gasteiger partial charge in [0.25, 0.3) is 5.91 Å². The Hall–Kier alpha value is -1.52. The number of hydrogen-bond acceptors (Lipinski definition) is 3. The fraction of sp³-hybridized carbons (Fsp3) is 0.556. The number of nitrogens with one attached hydrogen (secondary N) is 2. The number of carbonyl (C=O) groups excluding carboxylic acids is 1. The molecular weight excluding hydrogens is 180 g/mol. The molecule has 78 valence electrons. The molecule has 0 aliphatic rings. The van der Waals surface area contributed by atoms with Crippen molar-refractivity contribution in [3.63, 3.8) is 0 Å². The molecule has 14 heavy (non-hydrogen) atoms. The summed E-state index contributed by atoms with van der Waals surface area (Å²) in [6.07, 6.45) is 3.26. The van der Waals surface area contributed by atoms with E-state index < -0.39 is 0 Å². The molecule has 0 aliphatic heterocycles. The van der Waals surface area contributed by atoms with Crippen LogP contribution in [0.5, 0.6) is 0 Å². The quantitative estimate of drug-likeness (QED) is 0.669. The number of H-pyrrole nitrogens is 1. The van der Waals surface area contributed by atoms with Gasteiger partial charge in [-0.05, 0) is 12.8 Å². The molecule has 0 unspecified atom stereocenters. The number of nitrogens with zero attached hydrogens (tertiary/aromatic N) is 1. The van der Waals surface area contributed by atoms with Gasteiger partial charge >= 0.3 is 0 Å². The molecule has 0 radical (unpaired) electrons. The lowest BCUT2D eigenvalue weighted by atomic mass is 10.1. The van der Waals surface area contributed by atoms with Gasteiger partial charge in [0.15, 0.2) is 0 Å². The number of hydrogen-bond donors (Lipinski definition) is 3. The summed E-state index contributed by atoms with van der Waals surface area (Å²) < 4.78 is 0. The number of nitrogen functional groups attached to an aromatic ring is 1. The van der Waals surface area contributed by atoms with Crippen molar-refractivity contribution in [1.29, 1.82) is 0 Å². The molecule has 0 saturated carbocycles. The van der Waals surface area contributed by atoms with E-state index >= 15 is 0 Å². The third kappa shape index (κ3) is 2.25. The molecule has 1 heterocycles. The van der Waals surface area contributed by atoms with Crippen LogP contribution in [0.15, 0.2) is 6.20 Å². The average molecular weight is 196 g/mol. The van der Waals surface area contributed by atoms with Gasteiger partial charge in [-0.25, -0.2) is 0 Å². The van der Waals surface area contributed by atoms with E-state index in [1.807, 2.05) is 13.8 Å². The molecule has 0 bridgehead atoms. The van der Waals surface area contributed by atoms with Gasteiger partial charge in [-0.1, -0.05) is 13.8 Å². The molecule has 0 aromatic carbocycles. The van der Waals surface area contributed by atoms with Crippen LogP contribution < -0.4 is 11.1 Å². The number of aromatic amines is 1. The van der Waals surface area contributed by atoms with E-state index in [9.17, 15) is 4.79 Å². The summed E-state index contributed by atoms with van der Waals surface area (Å²) in [4.78, 5) is 11.6. The van der Waals surface area contributed by atoms with E-state index in [-0.39, 0.29) is 11.9 Å². The molecule has 0 fully saturated rings. The van der Waals surface area contributed by atoms with Gasteiger partial charge in [-0.2, -0.15) is 5.10 Å². The maximum Gasteiger partial charge on any atom is 0.271 e. The molecule has 1 aromatic heterocycles. The molecule has 5 nitrogen and oxygen atoms in total. The number of nitrogens with two attached hydrogens (primary N) is 1. The highest BCUT2D eigenvalue weighted by Gasteiger charge is 2.14. The topological polar surface area (TPSA) is 83.8 Å². The predicted octanol–water partition coefficient (Wildman–Crippen LogP) is 0.910. The minimum absolute atomic E-state index is 0.186. The van der Waals surface area contributed by atoms with Crippen molar-refractivity contribution in [2.24, 2.45) is 0 Å². The first kappa shape index (κ1) is 10.6. The van der Waals surface area contributed by atoms with E-state index in [1.54, 1.807) is 0 Å². The highest BCUT2D eigenvalue weighted by molar-refractivity contribution is 5.97. The Labute approximate surface area is 83.1 Å².